The summed E-state index contributed by atoms with van der Waals surface area (Å²) in [4.78, 5) is 24.1. The van der Waals surface area contributed by atoms with Gasteiger partial charge in [-0.15, -0.1) is 11.8 Å². The largest absolute Gasteiger partial charge is 0.497 e. The van der Waals surface area contributed by atoms with Gasteiger partial charge in [0.15, 0.2) is 0 Å². The molecule has 1 aromatic rings. The predicted octanol–water partition coefficient (Wildman–Crippen LogP) is 2.79. The Bertz CT molecular complexity index is 489. The molecule has 0 aliphatic heterocycles. The molecule has 22 heavy (non-hydrogen) atoms. The fraction of sp³-hybridized carbons (Fsp3) is 0.500. The summed E-state index contributed by atoms with van der Waals surface area (Å²) in [6, 6.07) is 6.78. The molecule has 0 saturated carbocycles. The standard InChI is InChI=1S/C16H23NO4S/c1-4-11(2)15(16(19)20)17-14(18)9-10-22-13-7-5-12(21-3)6-8-13/h5-8,11,15H,4,9-10H2,1-3H3,(H,17,18)(H,19,20). The molecule has 2 N–H and O–H groups in total. The van der Waals surface area contributed by atoms with Crippen molar-refractivity contribution in [1.29, 1.82) is 0 Å². The zero-order valence-electron chi connectivity index (χ0n) is 13.2. The molecule has 0 aliphatic rings. The van der Waals surface area contributed by atoms with Crippen molar-refractivity contribution < 1.29 is 19.4 Å². The van der Waals surface area contributed by atoms with E-state index in [2.05, 4.69) is 5.32 Å². The predicted molar refractivity (Wildman–Crippen MR) is 87.4 cm³/mol. The molecule has 0 aliphatic carbocycles. The molecule has 122 valence electrons. The topological polar surface area (TPSA) is 75.6 Å². The molecule has 1 amide bonds. The van der Waals surface area contributed by atoms with E-state index in [0.717, 1.165) is 10.6 Å². The number of ether oxygens (including phenoxy) is 1. The quantitative estimate of drug-likeness (QED) is 0.683. The Morgan fingerprint density at radius 3 is 2.45 bits per heavy atom. The molecule has 0 spiro atoms. The average Bonchev–Trinajstić information content (AvgIpc) is 2.52. The minimum absolute atomic E-state index is 0.0873. The van der Waals surface area contributed by atoms with Gasteiger partial charge < -0.3 is 15.2 Å². The van der Waals surface area contributed by atoms with E-state index in [0.29, 0.717) is 12.2 Å². The maximum absolute atomic E-state index is 11.9. The van der Waals surface area contributed by atoms with Gasteiger partial charge >= 0.3 is 5.97 Å². The van der Waals surface area contributed by atoms with Gasteiger partial charge in [0, 0.05) is 17.1 Å². The van der Waals surface area contributed by atoms with Crippen molar-refractivity contribution in [3.8, 4) is 5.75 Å². The van der Waals surface area contributed by atoms with Crippen LogP contribution >= 0.6 is 11.8 Å². The van der Waals surface area contributed by atoms with Crippen molar-refractivity contribution >= 4 is 23.6 Å². The summed E-state index contributed by atoms with van der Waals surface area (Å²) >= 11 is 1.55. The fourth-order valence-electron chi connectivity index (χ4n) is 1.86. The summed E-state index contributed by atoms with van der Waals surface area (Å²) in [5.74, 6) is 0.0974. The van der Waals surface area contributed by atoms with Crippen molar-refractivity contribution in [2.24, 2.45) is 5.92 Å². The lowest BCUT2D eigenvalue weighted by atomic mass is 9.99. The van der Waals surface area contributed by atoms with Crippen LogP contribution in [0.4, 0.5) is 0 Å². The minimum Gasteiger partial charge on any atom is -0.497 e. The maximum atomic E-state index is 11.9. The number of benzene rings is 1. The molecular formula is C16H23NO4S. The smallest absolute Gasteiger partial charge is 0.326 e. The van der Waals surface area contributed by atoms with Crippen molar-refractivity contribution in [3.05, 3.63) is 24.3 Å². The fourth-order valence-corrected chi connectivity index (χ4v) is 2.71. The Labute approximate surface area is 135 Å². The second-order valence-corrected chi connectivity index (χ2v) is 6.21. The maximum Gasteiger partial charge on any atom is 0.326 e. The molecule has 0 saturated heterocycles. The highest BCUT2D eigenvalue weighted by Crippen LogP contribution is 2.21. The molecule has 0 heterocycles. The van der Waals surface area contributed by atoms with Crippen LogP contribution in [0.3, 0.4) is 0 Å². The van der Waals surface area contributed by atoms with E-state index in [1.807, 2.05) is 38.1 Å². The van der Waals surface area contributed by atoms with E-state index in [4.69, 9.17) is 9.84 Å². The van der Waals surface area contributed by atoms with E-state index >= 15 is 0 Å². The summed E-state index contributed by atoms with van der Waals surface area (Å²) in [7, 11) is 1.61. The second kappa shape index (κ2) is 9.35. The Kier molecular flexibility index (Phi) is 7.80. The number of hydrogen-bond acceptors (Lipinski definition) is 4. The molecule has 0 bridgehead atoms. The third-order valence-corrected chi connectivity index (χ3v) is 4.47. The van der Waals surface area contributed by atoms with Crippen LogP contribution in [0.15, 0.2) is 29.2 Å². The number of carboxylic acids is 1. The van der Waals surface area contributed by atoms with Gasteiger partial charge in [-0.2, -0.15) is 0 Å². The van der Waals surface area contributed by atoms with E-state index in [-0.39, 0.29) is 18.2 Å². The Morgan fingerprint density at radius 1 is 1.32 bits per heavy atom. The number of nitrogens with one attached hydrogen (secondary N) is 1. The first-order valence-electron chi connectivity index (χ1n) is 7.27. The third-order valence-electron chi connectivity index (χ3n) is 3.45. The first-order valence-corrected chi connectivity index (χ1v) is 8.25. The molecule has 2 atom stereocenters. The van der Waals surface area contributed by atoms with Gasteiger partial charge in [-0.05, 0) is 30.2 Å². The number of carbonyl (C=O) groups is 2. The molecular weight excluding hydrogens is 302 g/mol. The molecule has 0 fully saturated rings. The SMILES string of the molecule is CCC(C)C(NC(=O)CCSc1ccc(OC)cc1)C(=O)O. The Hall–Kier alpha value is -1.69. The van der Waals surface area contributed by atoms with Crippen LogP contribution < -0.4 is 10.1 Å². The Balaban J connectivity index is 2.39. The number of carbonyl (C=O) groups excluding carboxylic acids is 1. The van der Waals surface area contributed by atoms with Crippen LogP contribution in [0.1, 0.15) is 26.7 Å². The Morgan fingerprint density at radius 2 is 1.95 bits per heavy atom. The third kappa shape index (κ3) is 5.97. The average molecular weight is 325 g/mol. The number of carboxylic acid groups (broad SMARTS) is 1. The van der Waals surface area contributed by atoms with Gasteiger partial charge in [0.05, 0.1) is 7.11 Å². The van der Waals surface area contributed by atoms with Crippen LogP contribution in [-0.4, -0.2) is 35.9 Å². The van der Waals surface area contributed by atoms with Gasteiger partial charge in [-0.1, -0.05) is 20.3 Å². The van der Waals surface area contributed by atoms with E-state index in [1.165, 1.54) is 0 Å². The van der Waals surface area contributed by atoms with Crippen LogP contribution in [0.25, 0.3) is 0 Å². The van der Waals surface area contributed by atoms with Crippen molar-refractivity contribution in [2.45, 2.75) is 37.6 Å². The summed E-state index contributed by atoms with van der Waals surface area (Å²) in [5.41, 5.74) is 0. The van der Waals surface area contributed by atoms with E-state index < -0.39 is 12.0 Å². The summed E-state index contributed by atoms with van der Waals surface area (Å²) in [6.07, 6.45) is 0.995. The van der Waals surface area contributed by atoms with Gasteiger partial charge in [-0.3, -0.25) is 4.79 Å². The van der Waals surface area contributed by atoms with Crippen LogP contribution in [0.2, 0.25) is 0 Å². The number of hydrogen-bond donors (Lipinski definition) is 2. The zero-order chi connectivity index (χ0) is 16.5. The van der Waals surface area contributed by atoms with Gasteiger partial charge in [-0.25, -0.2) is 4.79 Å². The number of rotatable bonds is 9. The number of thioether (sulfide) groups is 1. The van der Waals surface area contributed by atoms with Crippen LogP contribution in [-0.2, 0) is 9.59 Å². The first-order chi connectivity index (χ1) is 10.5. The van der Waals surface area contributed by atoms with Crippen molar-refractivity contribution in [3.63, 3.8) is 0 Å². The summed E-state index contributed by atoms with van der Waals surface area (Å²) < 4.78 is 5.08. The number of methoxy groups -OCH3 is 1. The first kappa shape index (κ1) is 18.4. The highest BCUT2D eigenvalue weighted by molar-refractivity contribution is 7.99. The second-order valence-electron chi connectivity index (χ2n) is 5.04. The zero-order valence-corrected chi connectivity index (χ0v) is 14.0. The molecule has 2 unspecified atom stereocenters. The number of aliphatic carboxylic acids is 1. The minimum atomic E-state index is -0.981. The van der Waals surface area contributed by atoms with E-state index in [1.54, 1.807) is 18.9 Å². The summed E-state index contributed by atoms with van der Waals surface area (Å²) in [6.45, 7) is 3.73. The van der Waals surface area contributed by atoms with Gasteiger partial charge in [0.2, 0.25) is 5.91 Å². The monoisotopic (exact) mass is 325 g/mol. The molecule has 1 rings (SSSR count). The lowest BCUT2D eigenvalue weighted by Crippen LogP contribution is -2.45. The van der Waals surface area contributed by atoms with E-state index in [9.17, 15) is 9.59 Å². The molecule has 5 nitrogen and oxygen atoms in total. The van der Waals surface area contributed by atoms with Gasteiger partial charge in [0.1, 0.15) is 11.8 Å². The van der Waals surface area contributed by atoms with Gasteiger partial charge in [0.25, 0.3) is 0 Å². The highest BCUT2D eigenvalue weighted by atomic mass is 32.2. The molecule has 0 aromatic heterocycles. The molecule has 6 heteroatoms. The van der Waals surface area contributed by atoms with Crippen molar-refractivity contribution in [1.82, 2.24) is 5.32 Å². The van der Waals surface area contributed by atoms with Crippen LogP contribution in [0, 0.1) is 5.92 Å². The highest BCUT2D eigenvalue weighted by Gasteiger charge is 2.24. The van der Waals surface area contributed by atoms with Crippen molar-refractivity contribution in [2.75, 3.05) is 12.9 Å². The lowest BCUT2D eigenvalue weighted by molar-refractivity contribution is -0.143. The molecule has 1 aromatic carbocycles. The van der Waals surface area contributed by atoms with Crippen LogP contribution in [0.5, 0.6) is 5.75 Å². The summed E-state index contributed by atoms with van der Waals surface area (Å²) in [5, 5.41) is 11.7. The normalized spacial score (nSPS) is 13.2. The number of amides is 1. The molecule has 0 radical (unpaired) electrons. The lowest BCUT2D eigenvalue weighted by Gasteiger charge is -2.20.